The third-order valence-electron chi connectivity index (χ3n) is 2.21. The van der Waals surface area contributed by atoms with E-state index in [0.717, 1.165) is 13.0 Å². The second-order valence-corrected chi connectivity index (χ2v) is 3.52. The van der Waals surface area contributed by atoms with Crippen molar-refractivity contribution >= 4 is 0 Å². The predicted octanol–water partition coefficient (Wildman–Crippen LogP) is 0.640. The fourth-order valence-corrected chi connectivity index (χ4v) is 1.77. The normalized spacial score (nSPS) is 34.1. The summed E-state index contributed by atoms with van der Waals surface area (Å²) in [6, 6.07) is 0. The molecular formula is C8H17FN2. The van der Waals surface area contributed by atoms with Crippen LogP contribution in [-0.4, -0.2) is 44.3 Å². The molecule has 0 aromatic heterocycles. The molecule has 0 aliphatic carbocycles. The number of rotatable bonds is 2. The Kier molecular flexibility index (Phi) is 2.84. The zero-order valence-electron chi connectivity index (χ0n) is 7.36. The fraction of sp³-hybridized carbons (Fsp3) is 1.00. The Hall–Kier alpha value is -0.150. The van der Waals surface area contributed by atoms with Gasteiger partial charge in [0.25, 0.3) is 0 Å². The summed E-state index contributed by atoms with van der Waals surface area (Å²) in [4.78, 5) is 2.06. The first-order valence-electron chi connectivity index (χ1n) is 4.18. The minimum atomic E-state index is -0.984. The van der Waals surface area contributed by atoms with E-state index in [1.54, 1.807) is 7.05 Å². The Morgan fingerprint density at radius 3 is 2.91 bits per heavy atom. The minimum absolute atomic E-state index is 0.483. The highest BCUT2D eigenvalue weighted by Gasteiger charge is 2.33. The first-order chi connectivity index (χ1) is 5.16. The smallest absolute Gasteiger partial charge is 0.136 e. The van der Waals surface area contributed by atoms with Crippen LogP contribution in [-0.2, 0) is 0 Å². The van der Waals surface area contributed by atoms with Crippen LogP contribution in [0.4, 0.5) is 4.39 Å². The highest BCUT2D eigenvalue weighted by molar-refractivity contribution is 4.87. The monoisotopic (exact) mass is 160 g/mol. The second-order valence-electron chi connectivity index (χ2n) is 3.52. The van der Waals surface area contributed by atoms with Crippen LogP contribution in [0.15, 0.2) is 0 Å². The highest BCUT2D eigenvalue weighted by Crippen LogP contribution is 2.23. The molecule has 1 N–H and O–H groups in total. The third-order valence-corrected chi connectivity index (χ3v) is 2.21. The van der Waals surface area contributed by atoms with E-state index in [9.17, 15) is 4.39 Å². The average molecular weight is 160 g/mol. The van der Waals surface area contributed by atoms with Crippen LogP contribution in [0.1, 0.15) is 12.8 Å². The van der Waals surface area contributed by atoms with E-state index < -0.39 is 5.67 Å². The van der Waals surface area contributed by atoms with Crippen molar-refractivity contribution in [2.24, 2.45) is 0 Å². The number of nitrogens with one attached hydrogen (secondary N) is 1. The van der Waals surface area contributed by atoms with Crippen LogP contribution < -0.4 is 5.32 Å². The average Bonchev–Trinajstić information content (AvgIpc) is 1.86. The largest absolute Gasteiger partial charge is 0.317 e. The second kappa shape index (κ2) is 3.50. The Morgan fingerprint density at radius 1 is 1.64 bits per heavy atom. The van der Waals surface area contributed by atoms with Gasteiger partial charge in [0.1, 0.15) is 5.67 Å². The van der Waals surface area contributed by atoms with Gasteiger partial charge in [-0.1, -0.05) is 0 Å². The van der Waals surface area contributed by atoms with E-state index in [0.29, 0.717) is 19.5 Å². The van der Waals surface area contributed by atoms with E-state index in [-0.39, 0.29) is 0 Å². The van der Waals surface area contributed by atoms with E-state index >= 15 is 0 Å². The molecule has 1 saturated heterocycles. The summed E-state index contributed by atoms with van der Waals surface area (Å²) in [5.74, 6) is 0. The molecule has 3 heteroatoms. The van der Waals surface area contributed by atoms with Crippen molar-refractivity contribution < 1.29 is 4.39 Å². The summed E-state index contributed by atoms with van der Waals surface area (Å²) in [5.41, 5.74) is -0.984. The number of hydrogen-bond donors (Lipinski definition) is 1. The Morgan fingerprint density at radius 2 is 2.36 bits per heavy atom. The molecule has 2 nitrogen and oxygen atoms in total. The molecule has 0 saturated carbocycles. The summed E-state index contributed by atoms with van der Waals surface area (Å²) in [7, 11) is 3.78. The van der Waals surface area contributed by atoms with Gasteiger partial charge in [0.15, 0.2) is 0 Å². The Bertz CT molecular complexity index is 125. The quantitative estimate of drug-likeness (QED) is 0.637. The maximum atomic E-state index is 13.7. The molecule has 0 aromatic carbocycles. The molecular weight excluding hydrogens is 143 g/mol. The topological polar surface area (TPSA) is 15.3 Å². The van der Waals surface area contributed by atoms with Gasteiger partial charge in [-0.15, -0.1) is 0 Å². The van der Waals surface area contributed by atoms with Gasteiger partial charge in [0, 0.05) is 13.1 Å². The lowest BCUT2D eigenvalue weighted by atomic mass is 9.95. The maximum absolute atomic E-state index is 13.7. The summed E-state index contributed by atoms with van der Waals surface area (Å²) < 4.78 is 13.7. The van der Waals surface area contributed by atoms with Gasteiger partial charge in [-0.2, -0.15) is 0 Å². The molecule has 0 spiro atoms. The molecule has 1 aliphatic heterocycles. The number of hydrogen-bond acceptors (Lipinski definition) is 2. The molecule has 1 fully saturated rings. The van der Waals surface area contributed by atoms with Crippen molar-refractivity contribution in [3.8, 4) is 0 Å². The van der Waals surface area contributed by atoms with Crippen molar-refractivity contribution in [2.75, 3.05) is 33.7 Å². The SMILES string of the molecule is CNCC1(F)CCCN(C)C1. The van der Waals surface area contributed by atoms with Gasteiger partial charge in [-0.05, 0) is 33.5 Å². The van der Waals surface area contributed by atoms with Crippen LogP contribution in [0.25, 0.3) is 0 Å². The van der Waals surface area contributed by atoms with Gasteiger partial charge in [0.05, 0.1) is 0 Å². The molecule has 0 radical (unpaired) electrons. The molecule has 66 valence electrons. The fourth-order valence-electron chi connectivity index (χ4n) is 1.77. The lowest BCUT2D eigenvalue weighted by Gasteiger charge is -2.35. The summed E-state index contributed by atoms with van der Waals surface area (Å²) in [6.45, 7) is 2.10. The van der Waals surface area contributed by atoms with Crippen LogP contribution in [0.2, 0.25) is 0 Å². The van der Waals surface area contributed by atoms with Crippen molar-refractivity contribution in [2.45, 2.75) is 18.5 Å². The van der Waals surface area contributed by atoms with Crippen LogP contribution in [0.3, 0.4) is 0 Å². The molecule has 1 aliphatic rings. The van der Waals surface area contributed by atoms with Crippen molar-refractivity contribution in [1.29, 1.82) is 0 Å². The first-order valence-corrected chi connectivity index (χ1v) is 4.18. The van der Waals surface area contributed by atoms with Gasteiger partial charge in [-0.3, -0.25) is 0 Å². The minimum Gasteiger partial charge on any atom is -0.317 e. The molecule has 0 aromatic rings. The number of likely N-dealkylation sites (tertiary alicyclic amines) is 1. The number of halogens is 1. The van der Waals surface area contributed by atoms with E-state index in [1.807, 2.05) is 7.05 Å². The predicted molar refractivity (Wildman–Crippen MR) is 44.5 cm³/mol. The van der Waals surface area contributed by atoms with Crippen molar-refractivity contribution in [3.05, 3.63) is 0 Å². The number of alkyl halides is 1. The van der Waals surface area contributed by atoms with Gasteiger partial charge < -0.3 is 10.2 Å². The van der Waals surface area contributed by atoms with E-state index in [4.69, 9.17) is 0 Å². The molecule has 1 atom stereocenters. The lowest BCUT2D eigenvalue weighted by molar-refractivity contribution is 0.0603. The van der Waals surface area contributed by atoms with E-state index in [2.05, 4.69) is 10.2 Å². The van der Waals surface area contributed by atoms with Gasteiger partial charge in [-0.25, -0.2) is 4.39 Å². The molecule has 0 amide bonds. The van der Waals surface area contributed by atoms with Crippen molar-refractivity contribution in [3.63, 3.8) is 0 Å². The summed E-state index contributed by atoms with van der Waals surface area (Å²) in [5, 5.41) is 2.90. The molecule has 0 bridgehead atoms. The third kappa shape index (κ3) is 2.42. The summed E-state index contributed by atoms with van der Waals surface area (Å²) in [6.07, 6.45) is 1.69. The number of piperidine rings is 1. The Balaban J connectivity index is 2.41. The van der Waals surface area contributed by atoms with Gasteiger partial charge >= 0.3 is 0 Å². The first kappa shape index (κ1) is 8.94. The molecule has 1 unspecified atom stereocenters. The zero-order valence-corrected chi connectivity index (χ0v) is 7.36. The lowest BCUT2D eigenvalue weighted by Crippen LogP contribution is -2.48. The summed E-state index contributed by atoms with van der Waals surface area (Å²) >= 11 is 0. The standard InChI is InChI=1S/C8H17FN2/c1-10-6-8(9)4-3-5-11(2)7-8/h10H,3-7H2,1-2H3. The van der Waals surface area contributed by atoms with Crippen LogP contribution in [0.5, 0.6) is 0 Å². The van der Waals surface area contributed by atoms with Crippen LogP contribution >= 0.6 is 0 Å². The number of nitrogens with zero attached hydrogens (tertiary/aromatic N) is 1. The molecule has 1 rings (SSSR count). The van der Waals surface area contributed by atoms with Crippen molar-refractivity contribution in [1.82, 2.24) is 10.2 Å². The molecule has 11 heavy (non-hydrogen) atoms. The van der Waals surface area contributed by atoms with E-state index in [1.165, 1.54) is 0 Å². The maximum Gasteiger partial charge on any atom is 0.136 e. The zero-order chi connectivity index (χ0) is 8.32. The van der Waals surface area contributed by atoms with Gasteiger partial charge in [0.2, 0.25) is 0 Å². The highest BCUT2D eigenvalue weighted by atomic mass is 19.1. The Labute approximate surface area is 67.8 Å². The molecule has 1 heterocycles. The van der Waals surface area contributed by atoms with Crippen LogP contribution in [0, 0.1) is 0 Å².